The Morgan fingerprint density at radius 1 is 1.31 bits per heavy atom. The van der Waals surface area contributed by atoms with Gasteiger partial charge in [0.1, 0.15) is 5.60 Å². The number of nitrogens with two attached hydrogens (primary N) is 1. The van der Waals surface area contributed by atoms with Crippen LogP contribution in [0.3, 0.4) is 0 Å². The van der Waals surface area contributed by atoms with Crippen LogP contribution in [0, 0.1) is 11.8 Å². The van der Waals surface area contributed by atoms with E-state index < -0.39 is 11.5 Å². The number of carbonyl (C=O) groups excluding carboxylic acids is 2. The van der Waals surface area contributed by atoms with Gasteiger partial charge in [-0.15, -0.1) is 0 Å². The Bertz CT molecular complexity index is 242. The standard InChI is InChI=1S/C9H15NO3/c1-9(2,3)13-8(12)6-4-5(6)7(10)11/h5-6H,4H2,1-3H3,(H2,10,11)/t5-,6+/m1/s1. The zero-order valence-corrected chi connectivity index (χ0v) is 8.16. The number of hydrogen-bond acceptors (Lipinski definition) is 3. The second kappa shape index (κ2) is 3.01. The average molecular weight is 185 g/mol. The minimum absolute atomic E-state index is 0.295. The van der Waals surface area contributed by atoms with Crippen LogP contribution in [0.25, 0.3) is 0 Å². The van der Waals surface area contributed by atoms with Crippen molar-refractivity contribution in [2.75, 3.05) is 0 Å². The first-order valence-electron chi connectivity index (χ1n) is 4.33. The molecule has 0 aliphatic heterocycles. The maximum atomic E-state index is 11.3. The van der Waals surface area contributed by atoms with Gasteiger partial charge in [-0.05, 0) is 27.2 Å². The molecule has 0 unspecified atom stereocenters. The molecule has 1 aliphatic rings. The Morgan fingerprint density at radius 3 is 2.15 bits per heavy atom. The summed E-state index contributed by atoms with van der Waals surface area (Å²) in [5.74, 6) is -1.31. The molecule has 0 aromatic heterocycles. The molecule has 74 valence electrons. The monoisotopic (exact) mass is 185 g/mol. The molecule has 0 aromatic rings. The molecule has 4 heteroatoms. The summed E-state index contributed by atoms with van der Waals surface area (Å²) < 4.78 is 5.10. The van der Waals surface area contributed by atoms with Gasteiger partial charge in [-0.2, -0.15) is 0 Å². The molecule has 13 heavy (non-hydrogen) atoms. The summed E-state index contributed by atoms with van der Waals surface area (Å²) in [5.41, 5.74) is 4.56. The first kappa shape index (κ1) is 10.0. The smallest absolute Gasteiger partial charge is 0.310 e. The number of carbonyl (C=O) groups is 2. The molecule has 2 N–H and O–H groups in total. The molecule has 0 saturated heterocycles. The molecule has 1 amide bonds. The Balaban J connectivity index is 2.40. The summed E-state index contributed by atoms with van der Waals surface area (Å²) in [5, 5.41) is 0. The van der Waals surface area contributed by atoms with Crippen LogP contribution < -0.4 is 5.73 Å². The summed E-state index contributed by atoms with van der Waals surface area (Å²) in [7, 11) is 0. The Hall–Kier alpha value is -1.06. The normalized spacial score (nSPS) is 26.7. The van der Waals surface area contributed by atoms with E-state index in [0.717, 1.165) is 0 Å². The summed E-state index contributed by atoms with van der Waals surface area (Å²) in [6.07, 6.45) is 0.546. The van der Waals surface area contributed by atoms with Crippen LogP contribution in [0.1, 0.15) is 27.2 Å². The number of amides is 1. The van der Waals surface area contributed by atoms with Crippen molar-refractivity contribution in [3.63, 3.8) is 0 Å². The van der Waals surface area contributed by atoms with Crippen molar-refractivity contribution in [2.24, 2.45) is 17.6 Å². The lowest BCUT2D eigenvalue weighted by Gasteiger charge is -2.19. The van der Waals surface area contributed by atoms with E-state index in [9.17, 15) is 9.59 Å². The zero-order valence-electron chi connectivity index (χ0n) is 8.16. The fraction of sp³-hybridized carbons (Fsp3) is 0.778. The molecule has 1 saturated carbocycles. The Morgan fingerprint density at radius 2 is 1.85 bits per heavy atom. The van der Waals surface area contributed by atoms with E-state index in [1.807, 2.05) is 0 Å². The van der Waals surface area contributed by atoms with Gasteiger partial charge >= 0.3 is 5.97 Å². The van der Waals surface area contributed by atoms with E-state index in [1.165, 1.54) is 0 Å². The molecule has 1 rings (SSSR count). The molecule has 4 nitrogen and oxygen atoms in total. The number of rotatable bonds is 2. The van der Waals surface area contributed by atoms with Crippen molar-refractivity contribution in [1.29, 1.82) is 0 Å². The highest BCUT2D eigenvalue weighted by Crippen LogP contribution is 2.39. The van der Waals surface area contributed by atoms with Crippen molar-refractivity contribution in [2.45, 2.75) is 32.8 Å². The number of hydrogen-bond donors (Lipinski definition) is 1. The summed E-state index contributed by atoms with van der Waals surface area (Å²) in [6, 6.07) is 0. The third-order valence-electron chi connectivity index (χ3n) is 1.87. The van der Waals surface area contributed by atoms with Crippen LogP contribution >= 0.6 is 0 Å². The van der Waals surface area contributed by atoms with Crippen LogP contribution in [0.4, 0.5) is 0 Å². The molecule has 0 spiro atoms. The van der Waals surface area contributed by atoms with Crippen LogP contribution in [0.5, 0.6) is 0 Å². The van der Waals surface area contributed by atoms with Gasteiger partial charge in [0.2, 0.25) is 5.91 Å². The van der Waals surface area contributed by atoms with Gasteiger partial charge in [0.15, 0.2) is 0 Å². The summed E-state index contributed by atoms with van der Waals surface area (Å²) in [6.45, 7) is 5.39. The van der Waals surface area contributed by atoms with Crippen molar-refractivity contribution in [3.05, 3.63) is 0 Å². The molecular weight excluding hydrogens is 170 g/mol. The van der Waals surface area contributed by atoms with Gasteiger partial charge in [0, 0.05) is 0 Å². The Kier molecular flexibility index (Phi) is 2.32. The maximum absolute atomic E-state index is 11.3. The highest BCUT2D eigenvalue weighted by atomic mass is 16.6. The lowest BCUT2D eigenvalue weighted by atomic mass is 10.2. The zero-order chi connectivity index (χ0) is 10.2. The predicted molar refractivity (Wildman–Crippen MR) is 46.6 cm³/mol. The number of ether oxygens (including phenoxy) is 1. The highest BCUT2D eigenvalue weighted by Gasteiger charge is 2.48. The molecule has 0 radical (unpaired) electrons. The lowest BCUT2D eigenvalue weighted by molar-refractivity contribution is -0.157. The Labute approximate surface area is 77.4 Å². The second-order valence-electron chi connectivity index (χ2n) is 4.38. The number of primary amides is 1. The van der Waals surface area contributed by atoms with E-state index in [2.05, 4.69) is 0 Å². The molecule has 1 aliphatic carbocycles. The third kappa shape index (κ3) is 2.72. The fourth-order valence-electron chi connectivity index (χ4n) is 1.15. The van der Waals surface area contributed by atoms with Gasteiger partial charge in [0.25, 0.3) is 0 Å². The first-order chi connectivity index (χ1) is 5.81. The third-order valence-corrected chi connectivity index (χ3v) is 1.87. The minimum Gasteiger partial charge on any atom is -0.460 e. The fourth-order valence-corrected chi connectivity index (χ4v) is 1.15. The molecule has 0 heterocycles. The van der Waals surface area contributed by atoms with Gasteiger partial charge < -0.3 is 10.5 Å². The largest absolute Gasteiger partial charge is 0.460 e. The SMILES string of the molecule is CC(C)(C)OC(=O)[C@H]1C[C@H]1C(N)=O. The minimum atomic E-state index is -0.484. The summed E-state index contributed by atoms with van der Waals surface area (Å²) in [4.78, 5) is 22.0. The second-order valence-corrected chi connectivity index (χ2v) is 4.38. The highest BCUT2D eigenvalue weighted by molar-refractivity contribution is 5.89. The average Bonchev–Trinajstić information content (AvgIpc) is 2.58. The van der Waals surface area contributed by atoms with Gasteiger partial charge in [0.05, 0.1) is 11.8 Å². The first-order valence-corrected chi connectivity index (χ1v) is 4.33. The van der Waals surface area contributed by atoms with Gasteiger partial charge in [-0.3, -0.25) is 9.59 Å². The van der Waals surface area contributed by atoms with Crippen LogP contribution in [-0.2, 0) is 14.3 Å². The maximum Gasteiger partial charge on any atom is 0.310 e. The van der Waals surface area contributed by atoms with Gasteiger partial charge in [-0.1, -0.05) is 0 Å². The summed E-state index contributed by atoms with van der Waals surface area (Å²) >= 11 is 0. The van der Waals surface area contributed by atoms with Crippen LogP contribution in [0.2, 0.25) is 0 Å². The molecule has 2 atom stereocenters. The van der Waals surface area contributed by atoms with E-state index in [1.54, 1.807) is 20.8 Å². The van der Waals surface area contributed by atoms with Crippen molar-refractivity contribution in [1.82, 2.24) is 0 Å². The van der Waals surface area contributed by atoms with E-state index in [-0.39, 0.29) is 17.8 Å². The van der Waals surface area contributed by atoms with Crippen LogP contribution in [-0.4, -0.2) is 17.5 Å². The lowest BCUT2D eigenvalue weighted by Crippen LogP contribution is -2.26. The van der Waals surface area contributed by atoms with E-state index in [4.69, 9.17) is 10.5 Å². The quantitative estimate of drug-likeness (QED) is 0.635. The van der Waals surface area contributed by atoms with Gasteiger partial charge in [-0.25, -0.2) is 0 Å². The van der Waals surface area contributed by atoms with Crippen molar-refractivity contribution >= 4 is 11.9 Å². The topological polar surface area (TPSA) is 69.4 Å². The van der Waals surface area contributed by atoms with Crippen LogP contribution in [0.15, 0.2) is 0 Å². The molecule has 1 fully saturated rings. The predicted octanol–water partition coefficient (Wildman–Crippen LogP) is 0.449. The molecular formula is C9H15NO3. The van der Waals surface area contributed by atoms with E-state index >= 15 is 0 Å². The molecule has 0 bridgehead atoms. The molecule has 0 aromatic carbocycles. The van der Waals surface area contributed by atoms with E-state index in [0.29, 0.717) is 6.42 Å². The number of esters is 1. The van der Waals surface area contributed by atoms with Crippen molar-refractivity contribution < 1.29 is 14.3 Å². The van der Waals surface area contributed by atoms with Crippen molar-refractivity contribution in [3.8, 4) is 0 Å².